The molecular formula is C28H44N4O4S. The highest BCUT2D eigenvalue weighted by atomic mass is 32.3. The second-order valence-corrected chi connectivity index (χ2v) is 12.0. The largest absolute Gasteiger partial charge is 0.390 e. The Morgan fingerprint density at radius 3 is 2.54 bits per heavy atom. The van der Waals surface area contributed by atoms with Gasteiger partial charge in [0, 0.05) is 36.9 Å². The van der Waals surface area contributed by atoms with E-state index >= 15 is 0 Å². The summed E-state index contributed by atoms with van der Waals surface area (Å²) in [5.74, 6) is 0.0189. The predicted molar refractivity (Wildman–Crippen MR) is 155 cm³/mol. The Hall–Kier alpha value is -2.30. The number of aliphatic hydroxyl groups excluding tert-OH is 1. The van der Waals surface area contributed by atoms with Crippen molar-refractivity contribution in [3.05, 3.63) is 59.7 Å². The van der Waals surface area contributed by atoms with Gasteiger partial charge in [-0.3, -0.25) is 18.2 Å². The molecule has 1 saturated heterocycles. The van der Waals surface area contributed by atoms with Gasteiger partial charge in [-0.2, -0.15) is 0 Å². The van der Waals surface area contributed by atoms with Crippen LogP contribution in [0.2, 0.25) is 0 Å². The highest BCUT2D eigenvalue weighted by Gasteiger charge is 2.28. The summed E-state index contributed by atoms with van der Waals surface area (Å²) in [6.07, 6.45) is 3.40. The van der Waals surface area contributed by atoms with Gasteiger partial charge in [-0.15, -0.1) is 10.8 Å². The number of nitrogens with zero attached hydrogens (tertiary/aromatic N) is 1. The molecule has 6 N–H and O–H groups in total. The minimum atomic E-state index is -2.92. The topological polar surface area (TPSA) is 117 Å². The second kappa shape index (κ2) is 14.0. The van der Waals surface area contributed by atoms with Crippen molar-refractivity contribution in [2.24, 2.45) is 0 Å². The Balaban J connectivity index is 1.84. The molecule has 3 atom stereocenters. The van der Waals surface area contributed by atoms with Gasteiger partial charge in [0.2, 0.25) is 0 Å². The lowest BCUT2D eigenvalue weighted by molar-refractivity contribution is 0.0825. The molecule has 0 spiro atoms. The molecule has 2 aromatic carbocycles. The molecule has 9 heteroatoms. The third-order valence-corrected chi connectivity index (χ3v) is 8.64. The van der Waals surface area contributed by atoms with E-state index in [1.54, 1.807) is 16.4 Å². The molecule has 0 aliphatic carbocycles. The number of carbonyl (C=O) groups is 1. The summed E-state index contributed by atoms with van der Waals surface area (Å²) in [5.41, 5.74) is 2.78. The molecule has 8 nitrogen and oxygen atoms in total. The summed E-state index contributed by atoms with van der Waals surface area (Å²) in [6, 6.07) is 14.9. The van der Waals surface area contributed by atoms with Crippen LogP contribution in [0.3, 0.4) is 0 Å². The van der Waals surface area contributed by atoms with Crippen LogP contribution in [0, 0.1) is 0 Å². The Morgan fingerprint density at radius 1 is 1.11 bits per heavy atom. The number of hydrogen-bond acceptors (Lipinski definition) is 7. The summed E-state index contributed by atoms with van der Waals surface area (Å²) >= 11 is 0. The molecule has 0 aromatic heterocycles. The number of hydrogen-bond donors (Lipinski definition) is 6. The number of aliphatic hydroxyl groups is 1. The fraction of sp³-hybridized carbons (Fsp3) is 0.536. The minimum Gasteiger partial charge on any atom is -0.390 e. The van der Waals surface area contributed by atoms with Gasteiger partial charge in [0.25, 0.3) is 5.91 Å². The van der Waals surface area contributed by atoms with Gasteiger partial charge in [-0.25, -0.2) is 0 Å². The first-order valence-electron chi connectivity index (χ1n) is 13.4. The highest BCUT2D eigenvalue weighted by molar-refractivity contribution is 8.25. The van der Waals surface area contributed by atoms with E-state index in [0.29, 0.717) is 43.1 Å². The van der Waals surface area contributed by atoms with Crippen molar-refractivity contribution >= 4 is 28.1 Å². The van der Waals surface area contributed by atoms with Crippen LogP contribution in [0.25, 0.3) is 0 Å². The smallest absolute Gasteiger partial charge is 0.251 e. The Kier molecular flexibility index (Phi) is 11.1. The number of benzene rings is 2. The van der Waals surface area contributed by atoms with E-state index in [-0.39, 0.29) is 11.9 Å². The summed E-state index contributed by atoms with van der Waals surface area (Å²) in [5, 5.41) is 20.8. The number of amides is 1. The van der Waals surface area contributed by atoms with Crippen LogP contribution < -0.4 is 20.3 Å². The van der Waals surface area contributed by atoms with E-state index in [1.165, 1.54) is 0 Å². The number of rotatable bonds is 13. The third-order valence-electron chi connectivity index (χ3n) is 6.71. The van der Waals surface area contributed by atoms with Crippen LogP contribution in [0.15, 0.2) is 48.5 Å². The Morgan fingerprint density at radius 2 is 1.86 bits per heavy atom. The van der Waals surface area contributed by atoms with Crippen molar-refractivity contribution < 1.29 is 19.0 Å². The van der Waals surface area contributed by atoms with Crippen molar-refractivity contribution in [1.29, 1.82) is 0 Å². The molecule has 3 rings (SSSR count). The monoisotopic (exact) mass is 532 g/mol. The quantitative estimate of drug-likeness (QED) is 0.218. The van der Waals surface area contributed by atoms with Gasteiger partial charge in [0.05, 0.1) is 23.6 Å². The first-order chi connectivity index (χ1) is 17.7. The zero-order chi connectivity index (χ0) is 26.8. The molecule has 1 fully saturated rings. The van der Waals surface area contributed by atoms with E-state index in [4.69, 9.17) is 0 Å². The van der Waals surface area contributed by atoms with Crippen molar-refractivity contribution in [3.8, 4) is 0 Å². The van der Waals surface area contributed by atoms with Crippen LogP contribution in [-0.4, -0.2) is 63.7 Å². The molecule has 1 heterocycles. The van der Waals surface area contributed by atoms with Gasteiger partial charge in [-0.05, 0) is 63.3 Å². The normalized spacial score (nSPS) is 18.5. The van der Waals surface area contributed by atoms with Crippen molar-refractivity contribution in [1.82, 2.24) is 10.6 Å². The molecular weight excluding hydrogens is 488 g/mol. The zero-order valence-electron chi connectivity index (χ0n) is 22.3. The van der Waals surface area contributed by atoms with Crippen molar-refractivity contribution in [3.63, 3.8) is 0 Å². The molecule has 206 valence electrons. The van der Waals surface area contributed by atoms with E-state index in [0.717, 1.165) is 36.9 Å². The van der Waals surface area contributed by atoms with E-state index < -0.39 is 22.9 Å². The molecule has 1 aliphatic heterocycles. The number of anilines is 2. The maximum absolute atomic E-state index is 13.5. The van der Waals surface area contributed by atoms with Crippen LogP contribution in [0.5, 0.6) is 0 Å². The first kappa shape index (κ1) is 29.3. The Labute approximate surface area is 223 Å². The number of nitrogens with one attached hydrogen (secondary N) is 3. The van der Waals surface area contributed by atoms with Gasteiger partial charge in [-0.1, -0.05) is 43.7 Å². The molecule has 3 unspecified atom stereocenters. The minimum absolute atomic E-state index is 0.274. The molecule has 37 heavy (non-hydrogen) atoms. The van der Waals surface area contributed by atoms with Crippen LogP contribution in [0.1, 0.15) is 62.4 Å². The fourth-order valence-electron chi connectivity index (χ4n) is 4.70. The van der Waals surface area contributed by atoms with Crippen molar-refractivity contribution in [2.75, 3.05) is 35.0 Å². The van der Waals surface area contributed by atoms with Crippen LogP contribution >= 0.6 is 10.8 Å². The average molecular weight is 533 g/mol. The molecule has 0 radical (unpaired) electrons. The lowest BCUT2D eigenvalue weighted by atomic mass is 10.00. The van der Waals surface area contributed by atoms with Crippen LogP contribution in [0.4, 0.5) is 11.4 Å². The van der Waals surface area contributed by atoms with Gasteiger partial charge in [0.15, 0.2) is 0 Å². The van der Waals surface area contributed by atoms with Gasteiger partial charge >= 0.3 is 0 Å². The maximum Gasteiger partial charge on any atom is 0.251 e. The second-order valence-electron chi connectivity index (χ2n) is 9.88. The van der Waals surface area contributed by atoms with E-state index in [1.807, 2.05) is 43.3 Å². The molecule has 2 aromatic rings. The molecule has 0 saturated carbocycles. The predicted octanol–water partition coefficient (Wildman–Crippen LogP) is 4.86. The molecule has 1 aliphatic rings. The SMILES string of the molecule is CCCC(C)NCC(O)C(Cc1ccccc1)NC(=O)c1cc(NCC)cc(N2CCCCS2(O)O)c1. The standard InChI is InChI=1S/C28H44N4O4S/c1-4-11-21(3)30-20-27(33)26(16-22-12-7-6-8-13-22)31-28(34)23-17-24(29-5-2)19-25(18-23)32-14-9-10-15-37(32,35)36/h6-8,12-13,17-19,21,26-27,29-30,33,35-36H,4-5,9-11,14-16,20H2,1-3H3,(H,31,34). The highest BCUT2D eigenvalue weighted by Crippen LogP contribution is 2.50. The summed E-state index contributed by atoms with van der Waals surface area (Å²) in [6.45, 7) is 7.76. The summed E-state index contributed by atoms with van der Waals surface area (Å²) < 4.78 is 23.0. The van der Waals surface area contributed by atoms with E-state index in [9.17, 15) is 19.0 Å². The molecule has 1 amide bonds. The number of carbonyl (C=O) groups excluding carboxylic acids is 1. The van der Waals surface area contributed by atoms with Crippen LogP contribution in [-0.2, 0) is 6.42 Å². The van der Waals surface area contributed by atoms with Gasteiger partial charge < -0.3 is 21.1 Å². The lowest BCUT2D eigenvalue weighted by Crippen LogP contribution is -2.49. The van der Waals surface area contributed by atoms with E-state index in [2.05, 4.69) is 29.8 Å². The first-order valence-corrected chi connectivity index (χ1v) is 15.1. The average Bonchev–Trinajstić information content (AvgIpc) is 2.87. The molecule has 0 bridgehead atoms. The maximum atomic E-state index is 13.5. The fourth-order valence-corrected chi connectivity index (χ4v) is 6.38. The van der Waals surface area contributed by atoms with Gasteiger partial charge in [0.1, 0.15) is 0 Å². The van der Waals surface area contributed by atoms with Crippen molar-refractivity contribution in [2.45, 2.75) is 71.1 Å². The summed E-state index contributed by atoms with van der Waals surface area (Å²) in [7, 11) is -2.92. The Bertz CT molecular complexity index is 991. The zero-order valence-corrected chi connectivity index (χ0v) is 23.1. The summed E-state index contributed by atoms with van der Waals surface area (Å²) in [4.78, 5) is 13.5. The third kappa shape index (κ3) is 8.61. The lowest BCUT2D eigenvalue weighted by Gasteiger charge is -2.47.